The van der Waals surface area contributed by atoms with Crippen LogP contribution < -0.4 is 10.1 Å². The van der Waals surface area contributed by atoms with Crippen molar-refractivity contribution < 1.29 is 33.0 Å². The van der Waals surface area contributed by atoms with E-state index in [1.54, 1.807) is 39.3 Å². The van der Waals surface area contributed by atoms with E-state index in [1.807, 2.05) is 0 Å². The summed E-state index contributed by atoms with van der Waals surface area (Å²) in [4.78, 5) is 37.8. The predicted molar refractivity (Wildman–Crippen MR) is 137 cm³/mol. The van der Waals surface area contributed by atoms with Crippen molar-refractivity contribution in [1.82, 2.24) is 14.8 Å². The van der Waals surface area contributed by atoms with Crippen molar-refractivity contribution in [2.75, 3.05) is 24.3 Å². The van der Waals surface area contributed by atoms with E-state index in [0.29, 0.717) is 22.3 Å². The number of hydrogen-bond donors (Lipinski definition) is 1. The van der Waals surface area contributed by atoms with Crippen LogP contribution in [0.2, 0.25) is 0 Å². The molecule has 3 rings (SSSR count). The predicted octanol–water partition coefficient (Wildman–Crippen LogP) is 4.55. The fraction of sp³-hybridized carbons (Fsp3) is 0.375. The van der Waals surface area contributed by atoms with Crippen LogP contribution in [0.15, 0.2) is 29.4 Å². The van der Waals surface area contributed by atoms with Crippen molar-refractivity contribution in [2.24, 2.45) is 7.05 Å². The second-order valence-electron chi connectivity index (χ2n) is 7.65. The summed E-state index contributed by atoms with van der Waals surface area (Å²) < 4.78 is 30.8. The van der Waals surface area contributed by atoms with Gasteiger partial charge in [0.05, 0.1) is 24.5 Å². The van der Waals surface area contributed by atoms with E-state index in [9.17, 15) is 18.8 Å². The van der Waals surface area contributed by atoms with Crippen LogP contribution in [-0.2, 0) is 21.3 Å². The Morgan fingerprint density at radius 3 is 2.41 bits per heavy atom. The molecule has 37 heavy (non-hydrogen) atoms. The Morgan fingerprint density at radius 2 is 1.76 bits per heavy atom. The van der Waals surface area contributed by atoms with Crippen LogP contribution in [0.25, 0.3) is 0 Å². The van der Waals surface area contributed by atoms with E-state index < -0.39 is 23.9 Å². The minimum Gasteiger partial charge on any atom is -0.483 e. The molecule has 1 amide bonds. The number of rotatable bonds is 11. The van der Waals surface area contributed by atoms with Gasteiger partial charge in [-0.3, -0.25) is 4.79 Å². The molecule has 1 aromatic carbocycles. The SMILES string of the molecule is CCOC(=O)c1sc(NC(=O)CSc2nnc(C(C)Oc3ccc(F)cc3)n2C)c(C(=O)OCC)c1C. The van der Waals surface area contributed by atoms with Gasteiger partial charge in [-0.25, -0.2) is 14.0 Å². The summed E-state index contributed by atoms with van der Waals surface area (Å²) in [5.74, 6) is -1.02. The van der Waals surface area contributed by atoms with Crippen LogP contribution in [0.4, 0.5) is 9.39 Å². The molecule has 1 atom stereocenters. The topological polar surface area (TPSA) is 122 Å². The van der Waals surface area contributed by atoms with Crippen molar-refractivity contribution in [3.8, 4) is 5.75 Å². The quantitative estimate of drug-likeness (QED) is 0.271. The van der Waals surface area contributed by atoms with Gasteiger partial charge in [0.15, 0.2) is 17.1 Å². The van der Waals surface area contributed by atoms with Crippen LogP contribution in [0, 0.1) is 12.7 Å². The van der Waals surface area contributed by atoms with E-state index >= 15 is 0 Å². The highest BCUT2D eigenvalue weighted by Gasteiger charge is 2.27. The van der Waals surface area contributed by atoms with Gasteiger partial charge >= 0.3 is 11.9 Å². The van der Waals surface area contributed by atoms with E-state index in [-0.39, 0.29) is 40.2 Å². The molecule has 0 bridgehead atoms. The van der Waals surface area contributed by atoms with Gasteiger partial charge in [0.25, 0.3) is 0 Å². The smallest absolute Gasteiger partial charge is 0.348 e. The second kappa shape index (κ2) is 12.7. The lowest BCUT2D eigenvalue weighted by atomic mass is 10.1. The van der Waals surface area contributed by atoms with Crippen molar-refractivity contribution in [2.45, 2.75) is 39.0 Å². The number of nitrogens with one attached hydrogen (secondary N) is 1. The Kier molecular flexibility index (Phi) is 9.64. The number of esters is 2. The lowest BCUT2D eigenvalue weighted by molar-refractivity contribution is -0.113. The molecule has 2 aromatic heterocycles. The molecule has 0 saturated heterocycles. The maximum absolute atomic E-state index is 13.1. The average Bonchev–Trinajstić information content (AvgIpc) is 3.38. The third-order valence-electron chi connectivity index (χ3n) is 5.03. The Hall–Kier alpha value is -3.45. The monoisotopic (exact) mass is 550 g/mol. The zero-order chi connectivity index (χ0) is 27.1. The molecular formula is C24H27FN4O6S2. The zero-order valence-electron chi connectivity index (χ0n) is 21.0. The van der Waals surface area contributed by atoms with Gasteiger partial charge in [0.1, 0.15) is 21.4 Å². The molecule has 0 aliphatic rings. The van der Waals surface area contributed by atoms with Crippen LogP contribution >= 0.6 is 23.1 Å². The zero-order valence-corrected chi connectivity index (χ0v) is 22.6. The molecule has 1 N–H and O–H groups in total. The number of thiophene rings is 1. The molecule has 0 aliphatic heterocycles. The molecule has 198 valence electrons. The normalized spacial score (nSPS) is 11.6. The third-order valence-corrected chi connectivity index (χ3v) is 7.24. The largest absolute Gasteiger partial charge is 0.483 e. The number of hydrogen-bond acceptors (Lipinski definition) is 10. The van der Waals surface area contributed by atoms with Crippen LogP contribution in [0.3, 0.4) is 0 Å². The van der Waals surface area contributed by atoms with Gasteiger partial charge in [-0.1, -0.05) is 11.8 Å². The third kappa shape index (κ3) is 6.86. The summed E-state index contributed by atoms with van der Waals surface area (Å²) in [5, 5.41) is 11.7. The maximum atomic E-state index is 13.1. The highest BCUT2D eigenvalue weighted by molar-refractivity contribution is 7.99. The molecule has 13 heteroatoms. The van der Waals surface area contributed by atoms with Crippen LogP contribution in [0.5, 0.6) is 5.75 Å². The number of amides is 1. The molecule has 10 nitrogen and oxygen atoms in total. The number of anilines is 1. The molecule has 0 saturated carbocycles. The van der Waals surface area contributed by atoms with Gasteiger partial charge in [0, 0.05) is 7.05 Å². The minimum absolute atomic E-state index is 0.0346. The Morgan fingerprint density at radius 1 is 1.11 bits per heavy atom. The van der Waals surface area contributed by atoms with Gasteiger partial charge in [-0.15, -0.1) is 21.5 Å². The summed E-state index contributed by atoms with van der Waals surface area (Å²) in [6.45, 7) is 7.06. The summed E-state index contributed by atoms with van der Waals surface area (Å²) in [6, 6.07) is 5.65. The average molecular weight is 551 g/mol. The highest BCUT2D eigenvalue weighted by Crippen LogP contribution is 2.34. The molecule has 0 radical (unpaired) electrons. The molecule has 0 aliphatic carbocycles. The Balaban J connectivity index is 1.69. The molecule has 0 fully saturated rings. The first-order valence-electron chi connectivity index (χ1n) is 11.4. The van der Waals surface area contributed by atoms with E-state index in [1.165, 1.54) is 24.3 Å². The number of benzene rings is 1. The van der Waals surface area contributed by atoms with E-state index in [2.05, 4.69) is 15.5 Å². The van der Waals surface area contributed by atoms with Crippen molar-refractivity contribution in [3.63, 3.8) is 0 Å². The standard InChI is InChI=1S/C24H27FN4O6S2/c1-6-33-22(31)18-13(3)19(23(32)34-7-2)37-21(18)26-17(30)12-36-24-28-27-20(29(24)5)14(4)35-16-10-8-15(25)9-11-16/h8-11,14H,6-7,12H2,1-5H3,(H,26,30). The maximum Gasteiger partial charge on any atom is 0.348 e. The van der Waals surface area contributed by atoms with Crippen molar-refractivity contribution in [3.05, 3.63) is 51.9 Å². The van der Waals surface area contributed by atoms with Crippen molar-refractivity contribution in [1.29, 1.82) is 0 Å². The van der Waals surface area contributed by atoms with Crippen LogP contribution in [0.1, 0.15) is 58.3 Å². The number of carbonyl (C=O) groups excluding carboxylic acids is 3. The van der Waals surface area contributed by atoms with E-state index in [0.717, 1.165) is 23.1 Å². The summed E-state index contributed by atoms with van der Waals surface area (Å²) >= 11 is 2.10. The molecular weight excluding hydrogens is 523 g/mol. The van der Waals surface area contributed by atoms with E-state index in [4.69, 9.17) is 14.2 Å². The minimum atomic E-state index is -0.636. The Bertz CT molecular complexity index is 1280. The Labute approximate surface area is 221 Å². The van der Waals surface area contributed by atoms with Gasteiger partial charge in [0.2, 0.25) is 5.91 Å². The molecule has 3 aromatic rings. The lowest BCUT2D eigenvalue weighted by Crippen LogP contribution is -2.17. The molecule has 2 heterocycles. The number of carbonyl (C=O) groups is 3. The first-order valence-corrected chi connectivity index (χ1v) is 13.2. The fourth-order valence-electron chi connectivity index (χ4n) is 3.31. The number of nitrogens with zero attached hydrogens (tertiary/aromatic N) is 3. The number of halogens is 1. The van der Waals surface area contributed by atoms with Crippen molar-refractivity contribution >= 4 is 45.9 Å². The molecule has 0 spiro atoms. The summed E-state index contributed by atoms with van der Waals surface area (Å²) in [5.41, 5.74) is 0.513. The second-order valence-corrected chi connectivity index (χ2v) is 9.62. The highest BCUT2D eigenvalue weighted by atomic mass is 32.2. The number of aromatic nitrogens is 3. The fourth-order valence-corrected chi connectivity index (χ4v) is 5.13. The summed E-state index contributed by atoms with van der Waals surface area (Å²) in [6.07, 6.45) is -0.478. The number of thioether (sulfide) groups is 1. The van der Waals surface area contributed by atoms with Gasteiger partial charge < -0.3 is 24.1 Å². The first kappa shape index (κ1) is 28.1. The first-order chi connectivity index (χ1) is 17.7. The summed E-state index contributed by atoms with van der Waals surface area (Å²) in [7, 11) is 1.74. The van der Waals surface area contributed by atoms with Crippen LogP contribution in [-0.4, -0.2) is 51.6 Å². The lowest BCUT2D eigenvalue weighted by Gasteiger charge is -2.14. The number of ether oxygens (including phenoxy) is 3. The van der Waals surface area contributed by atoms with Gasteiger partial charge in [-0.2, -0.15) is 0 Å². The molecule has 1 unspecified atom stereocenters. The van der Waals surface area contributed by atoms with Gasteiger partial charge in [-0.05, 0) is 57.5 Å².